The molecule has 0 aliphatic carbocycles. The SMILES string of the molecule is CC12CN(C(=O)Nc3ccc(C(F)(F)F)cc3)N=C1c1ccc(Cl)cc1N(S(C)(=O)=O)C2. The Morgan fingerprint density at radius 1 is 1.16 bits per heavy atom. The molecule has 7 nitrogen and oxygen atoms in total. The Bertz CT molecular complexity index is 1230. The predicted octanol–water partition coefficient (Wildman–Crippen LogP) is 4.40. The van der Waals surface area contributed by atoms with Gasteiger partial charge in [-0.25, -0.2) is 18.2 Å². The fourth-order valence-corrected chi connectivity index (χ4v) is 5.04. The first-order valence-electron chi connectivity index (χ1n) is 9.40. The van der Waals surface area contributed by atoms with Gasteiger partial charge in [0.25, 0.3) is 0 Å². The van der Waals surface area contributed by atoms with E-state index in [9.17, 15) is 26.4 Å². The fraction of sp³-hybridized carbons (Fsp3) is 0.300. The van der Waals surface area contributed by atoms with Crippen LogP contribution in [-0.4, -0.2) is 44.5 Å². The van der Waals surface area contributed by atoms with Gasteiger partial charge in [0.2, 0.25) is 10.0 Å². The lowest BCUT2D eigenvalue weighted by molar-refractivity contribution is -0.137. The van der Waals surface area contributed by atoms with Crippen molar-refractivity contribution < 1.29 is 26.4 Å². The number of hydrazone groups is 1. The van der Waals surface area contributed by atoms with E-state index in [0.29, 0.717) is 22.0 Å². The van der Waals surface area contributed by atoms with E-state index in [4.69, 9.17) is 11.6 Å². The number of carbonyl (C=O) groups is 1. The molecule has 2 heterocycles. The summed E-state index contributed by atoms with van der Waals surface area (Å²) in [7, 11) is -3.63. The van der Waals surface area contributed by atoms with Crippen molar-refractivity contribution in [2.24, 2.45) is 10.5 Å². The van der Waals surface area contributed by atoms with Crippen LogP contribution in [0.1, 0.15) is 18.1 Å². The fourth-order valence-electron chi connectivity index (χ4n) is 3.84. The number of nitrogens with zero attached hydrogens (tertiary/aromatic N) is 3. The van der Waals surface area contributed by atoms with E-state index in [1.807, 2.05) is 0 Å². The maximum absolute atomic E-state index is 12.8. The molecule has 0 bridgehead atoms. The van der Waals surface area contributed by atoms with Crippen molar-refractivity contribution in [1.29, 1.82) is 0 Å². The van der Waals surface area contributed by atoms with E-state index >= 15 is 0 Å². The topological polar surface area (TPSA) is 82.1 Å². The zero-order chi connectivity index (χ0) is 23.5. The van der Waals surface area contributed by atoms with Crippen molar-refractivity contribution in [2.75, 3.05) is 29.0 Å². The Morgan fingerprint density at radius 2 is 1.81 bits per heavy atom. The number of hydrogen-bond acceptors (Lipinski definition) is 4. The lowest BCUT2D eigenvalue weighted by Gasteiger charge is -2.39. The standard InChI is InChI=1S/C20H18ClF3N4O3S/c1-19-10-27(18(29)25-14-6-3-12(4-7-14)20(22,23)24)26-17(19)15-8-5-13(21)9-16(15)28(11-19)32(2,30)31/h3-9H,10-11H2,1-2H3,(H,25,29). The van der Waals surface area contributed by atoms with Gasteiger partial charge in [0.15, 0.2) is 0 Å². The number of benzene rings is 2. The van der Waals surface area contributed by atoms with Gasteiger partial charge >= 0.3 is 12.2 Å². The number of nitrogens with one attached hydrogen (secondary N) is 1. The van der Waals surface area contributed by atoms with Gasteiger partial charge in [-0.2, -0.15) is 18.3 Å². The zero-order valence-corrected chi connectivity index (χ0v) is 18.5. The Balaban J connectivity index is 1.63. The first kappa shape index (κ1) is 22.4. The van der Waals surface area contributed by atoms with Gasteiger partial charge in [-0.05, 0) is 42.5 Å². The van der Waals surface area contributed by atoms with Gasteiger partial charge in [-0.3, -0.25) is 4.31 Å². The third-order valence-electron chi connectivity index (χ3n) is 5.37. The van der Waals surface area contributed by atoms with Crippen molar-refractivity contribution >= 4 is 44.7 Å². The lowest BCUT2D eigenvalue weighted by Crippen LogP contribution is -2.50. The average Bonchev–Trinajstić information content (AvgIpc) is 3.04. The highest BCUT2D eigenvalue weighted by Gasteiger charge is 2.48. The molecule has 12 heteroatoms. The lowest BCUT2D eigenvalue weighted by atomic mass is 9.79. The van der Waals surface area contributed by atoms with Gasteiger partial charge in [0.1, 0.15) is 0 Å². The summed E-state index contributed by atoms with van der Waals surface area (Å²) in [6, 6.07) is 8.21. The molecule has 0 saturated carbocycles. The number of urea groups is 1. The number of halogens is 4. The van der Waals surface area contributed by atoms with E-state index < -0.39 is 33.2 Å². The average molecular weight is 487 g/mol. The number of carbonyl (C=O) groups excluding carboxylic acids is 1. The van der Waals surface area contributed by atoms with Crippen LogP contribution in [0.3, 0.4) is 0 Å². The van der Waals surface area contributed by atoms with E-state index in [0.717, 1.165) is 35.5 Å². The summed E-state index contributed by atoms with van der Waals surface area (Å²) >= 11 is 6.07. The maximum Gasteiger partial charge on any atom is 0.416 e. The highest BCUT2D eigenvalue weighted by molar-refractivity contribution is 7.92. The molecule has 2 aromatic carbocycles. The molecule has 2 amide bonds. The molecule has 170 valence electrons. The first-order chi connectivity index (χ1) is 14.8. The minimum Gasteiger partial charge on any atom is -0.306 e. The van der Waals surface area contributed by atoms with Crippen LogP contribution in [0, 0.1) is 5.41 Å². The number of sulfonamides is 1. The Hall–Kier alpha value is -2.79. The summed E-state index contributed by atoms with van der Waals surface area (Å²) in [5, 5.41) is 8.45. The number of amides is 2. The molecule has 1 atom stereocenters. The molecular weight excluding hydrogens is 469 g/mol. The van der Waals surface area contributed by atoms with E-state index in [-0.39, 0.29) is 18.8 Å². The second-order valence-electron chi connectivity index (χ2n) is 8.00. The van der Waals surface area contributed by atoms with Crippen LogP contribution in [0.25, 0.3) is 0 Å². The second kappa shape index (κ2) is 7.38. The molecule has 4 rings (SSSR count). The minimum atomic E-state index is -4.48. The Labute approximate surface area is 187 Å². The number of fused-ring (bicyclic) bond motifs is 3. The Morgan fingerprint density at radius 3 is 2.41 bits per heavy atom. The van der Waals surface area contributed by atoms with E-state index in [2.05, 4.69) is 10.4 Å². The molecule has 2 aromatic rings. The van der Waals surface area contributed by atoms with Crippen molar-refractivity contribution in [1.82, 2.24) is 5.01 Å². The van der Waals surface area contributed by atoms with Crippen molar-refractivity contribution in [2.45, 2.75) is 13.1 Å². The van der Waals surface area contributed by atoms with Crippen LogP contribution >= 0.6 is 11.6 Å². The predicted molar refractivity (Wildman–Crippen MR) is 115 cm³/mol. The van der Waals surface area contributed by atoms with Crippen LogP contribution in [-0.2, 0) is 16.2 Å². The van der Waals surface area contributed by atoms with Gasteiger partial charge in [-0.15, -0.1) is 0 Å². The normalized spacial score (nSPS) is 20.5. The summed E-state index contributed by atoms with van der Waals surface area (Å²) < 4.78 is 64.3. The number of anilines is 2. The second-order valence-corrected chi connectivity index (χ2v) is 10.3. The van der Waals surface area contributed by atoms with Gasteiger partial charge in [0.05, 0.1) is 35.2 Å². The smallest absolute Gasteiger partial charge is 0.306 e. The molecule has 0 saturated heterocycles. The molecule has 32 heavy (non-hydrogen) atoms. The quantitative estimate of drug-likeness (QED) is 0.683. The van der Waals surface area contributed by atoms with Crippen LogP contribution in [0.15, 0.2) is 47.6 Å². The number of hydrogen-bond donors (Lipinski definition) is 1. The highest BCUT2D eigenvalue weighted by atomic mass is 35.5. The number of alkyl halides is 3. The van der Waals surface area contributed by atoms with E-state index in [1.165, 1.54) is 10.4 Å². The third kappa shape index (κ3) is 4.02. The molecule has 0 fully saturated rings. The van der Waals surface area contributed by atoms with Crippen molar-refractivity contribution in [3.8, 4) is 0 Å². The monoisotopic (exact) mass is 486 g/mol. The molecule has 1 unspecified atom stereocenters. The molecule has 1 N–H and O–H groups in total. The van der Waals surface area contributed by atoms with Gasteiger partial charge < -0.3 is 5.32 Å². The molecule has 0 spiro atoms. The number of rotatable bonds is 2. The largest absolute Gasteiger partial charge is 0.416 e. The maximum atomic E-state index is 12.8. The summed E-state index contributed by atoms with van der Waals surface area (Å²) in [6.45, 7) is 1.94. The molecular formula is C20H18ClF3N4O3S. The van der Waals surface area contributed by atoms with Crippen LogP contribution in [0.5, 0.6) is 0 Å². The van der Waals surface area contributed by atoms with Crippen LogP contribution < -0.4 is 9.62 Å². The summed E-state index contributed by atoms with van der Waals surface area (Å²) in [5.74, 6) is 0. The van der Waals surface area contributed by atoms with Gasteiger partial charge in [0, 0.05) is 22.8 Å². The van der Waals surface area contributed by atoms with Crippen LogP contribution in [0.2, 0.25) is 5.02 Å². The van der Waals surface area contributed by atoms with Gasteiger partial charge in [-0.1, -0.05) is 18.5 Å². The summed E-state index contributed by atoms with van der Waals surface area (Å²) in [5.41, 5.74) is 0.00695. The first-order valence-corrected chi connectivity index (χ1v) is 11.6. The third-order valence-corrected chi connectivity index (χ3v) is 6.73. The molecule has 0 aromatic heterocycles. The van der Waals surface area contributed by atoms with Crippen molar-refractivity contribution in [3.63, 3.8) is 0 Å². The minimum absolute atomic E-state index is 0.0576. The molecule has 0 radical (unpaired) electrons. The zero-order valence-electron chi connectivity index (χ0n) is 16.9. The Kier molecular flexibility index (Phi) is 5.17. The highest BCUT2D eigenvalue weighted by Crippen LogP contribution is 2.43. The van der Waals surface area contributed by atoms with Crippen molar-refractivity contribution in [3.05, 3.63) is 58.6 Å². The van der Waals surface area contributed by atoms with Crippen LogP contribution in [0.4, 0.5) is 29.3 Å². The summed E-state index contributed by atoms with van der Waals surface area (Å²) in [6.07, 6.45) is -3.39. The molecule has 2 aliphatic rings. The molecule has 2 aliphatic heterocycles. The van der Waals surface area contributed by atoms with E-state index in [1.54, 1.807) is 19.1 Å². The summed E-state index contributed by atoms with van der Waals surface area (Å²) in [4.78, 5) is 12.8.